The van der Waals surface area contributed by atoms with Gasteiger partial charge >= 0.3 is 0 Å². The van der Waals surface area contributed by atoms with Gasteiger partial charge in [0.05, 0.1) is 0 Å². The minimum Gasteiger partial charge on any atom is -0.298 e. The first kappa shape index (κ1) is 8.40. The molecule has 0 atom stereocenters. The molecule has 0 fully saturated rings. The Labute approximate surface area is 70.5 Å². The first-order chi connectivity index (χ1) is 5.79. The molecule has 0 bridgehead atoms. The Hall–Kier alpha value is -1.70. The average molecular weight is 160 g/mol. The molecule has 0 aliphatic rings. The fourth-order valence-electron chi connectivity index (χ4n) is 0.934. The monoisotopic (exact) mass is 160 g/mol. The Morgan fingerprint density at radius 2 is 2.00 bits per heavy atom. The molecule has 0 amide bonds. The van der Waals surface area contributed by atoms with Crippen LogP contribution in [-0.4, -0.2) is 12.1 Å². The van der Waals surface area contributed by atoms with E-state index in [1.54, 1.807) is 24.3 Å². The zero-order chi connectivity index (χ0) is 8.97. The molecular weight excluding hydrogens is 152 g/mol. The van der Waals surface area contributed by atoms with E-state index in [2.05, 4.69) is 6.58 Å². The lowest BCUT2D eigenvalue weighted by molar-refractivity contribution is 0.103. The fourth-order valence-corrected chi connectivity index (χ4v) is 0.934. The Morgan fingerprint density at radius 1 is 1.33 bits per heavy atom. The van der Waals surface area contributed by atoms with Crippen molar-refractivity contribution in [3.8, 4) is 0 Å². The van der Waals surface area contributed by atoms with Gasteiger partial charge in [-0.15, -0.1) is 0 Å². The normalized spacial score (nSPS) is 9.00. The van der Waals surface area contributed by atoms with Gasteiger partial charge in [0.15, 0.2) is 12.1 Å². The van der Waals surface area contributed by atoms with Crippen LogP contribution in [0.5, 0.6) is 0 Å². The van der Waals surface area contributed by atoms with E-state index in [1.165, 1.54) is 6.08 Å². The molecule has 0 spiro atoms. The van der Waals surface area contributed by atoms with Crippen molar-refractivity contribution in [1.29, 1.82) is 0 Å². The van der Waals surface area contributed by atoms with Gasteiger partial charge in [0.2, 0.25) is 0 Å². The topological polar surface area (TPSA) is 34.1 Å². The summed E-state index contributed by atoms with van der Waals surface area (Å²) in [6.45, 7) is 3.35. The van der Waals surface area contributed by atoms with Crippen molar-refractivity contribution in [3.05, 3.63) is 48.0 Å². The third-order valence-corrected chi connectivity index (χ3v) is 1.54. The van der Waals surface area contributed by atoms with E-state index in [9.17, 15) is 9.59 Å². The molecule has 12 heavy (non-hydrogen) atoms. The second kappa shape index (κ2) is 3.62. The van der Waals surface area contributed by atoms with Gasteiger partial charge in [0, 0.05) is 11.1 Å². The van der Waals surface area contributed by atoms with E-state index in [0.29, 0.717) is 17.4 Å². The molecule has 2 nitrogen and oxygen atoms in total. The Morgan fingerprint density at radius 3 is 2.58 bits per heavy atom. The van der Waals surface area contributed by atoms with E-state index >= 15 is 0 Å². The number of benzene rings is 1. The number of rotatable bonds is 3. The first-order valence-corrected chi connectivity index (χ1v) is 3.50. The maximum Gasteiger partial charge on any atom is 0.185 e. The molecule has 1 aromatic rings. The molecule has 1 aromatic carbocycles. The molecule has 0 aliphatic heterocycles. The summed E-state index contributed by atoms with van der Waals surface area (Å²) >= 11 is 0. The third-order valence-electron chi connectivity index (χ3n) is 1.54. The lowest BCUT2D eigenvalue weighted by atomic mass is 10.1. The highest BCUT2D eigenvalue weighted by atomic mass is 16.1. The molecule has 0 unspecified atom stereocenters. The standard InChI is InChI=1S/C10H8O2/c1-2-10(12)9-6-4-3-5-8(9)7-11/h2-7H,1H2. The zero-order valence-corrected chi connectivity index (χ0v) is 6.49. The van der Waals surface area contributed by atoms with Crippen LogP contribution in [0.25, 0.3) is 0 Å². The van der Waals surface area contributed by atoms with Crippen LogP contribution < -0.4 is 0 Å². The van der Waals surface area contributed by atoms with Gasteiger partial charge in [-0.1, -0.05) is 30.8 Å². The van der Waals surface area contributed by atoms with E-state index < -0.39 is 0 Å². The van der Waals surface area contributed by atoms with E-state index in [-0.39, 0.29) is 5.78 Å². The number of hydrogen-bond donors (Lipinski definition) is 0. The Bertz CT molecular complexity index is 326. The summed E-state index contributed by atoms with van der Waals surface area (Å²) in [7, 11) is 0. The highest BCUT2D eigenvalue weighted by molar-refractivity contribution is 6.08. The van der Waals surface area contributed by atoms with Gasteiger partial charge in [-0.05, 0) is 6.08 Å². The molecule has 0 saturated carbocycles. The highest BCUT2D eigenvalue weighted by Gasteiger charge is 2.05. The molecule has 0 radical (unpaired) electrons. The first-order valence-electron chi connectivity index (χ1n) is 3.50. The summed E-state index contributed by atoms with van der Waals surface area (Å²) in [6.07, 6.45) is 1.86. The molecule has 0 aliphatic carbocycles. The van der Waals surface area contributed by atoms with Crippen LogP contribution in [0, 0.1) is 0 Å². The van der Waals surface area contributed by atoms with Gasteiger partial charge in [-0.2, -0.15) is 0 Å². The number of ketones is 1. The van der Waals surface area contributed by atoms with E-state index in [1.807, 2.05) is 0 Å². The summed E-state index contributed by atoms with van der Waals surface area (Å²) in [5.74, 6) is -0.224. The van der Waals surface area contributed by atoms with Crippen molar-refractivity contribution in [2.24, 2.45) is 0 Å². The maximum absolute atomic E-state index is 11.1. The molecule has 0 aromatic heterocycles. The molecule has 0 N–H and O–H groups in total. The number of carbonyl (C=O) groups excluding carboxylic acids is 2. The maximum atomic E-state index is 11.1. The number of allylic oxidation sites excluding steroid dienone is 1. The largest absolute Gasteiger partial charge is 0.298 e. The van der Waals surface area contributed by atoms with Gasteiger partial charge in [-0.3, -0.25) is 9.59 Å². The third kappa shape index (κ3) is 1.48. The summed E-state index contributed by atoms with van der Waals surface area (Å²) in [5.41, 5.74) is 0.810. The van der Waals surface area contributed by atoms with Crippen molar-refractivity contribution < 1.29 is 9.59 Å². The minimum absolute atomic E-state index is 0.224. The Kier molecular flexibility index (Phi) is 2.53. The van der Waals surface area contributed by atoms with Gasteiger partial charge in [-0.25, -0.2) is 0 Å². The molecule has 60 valence electrons. The predicted octanol–water partition coefficient (Wildman–Crippen LogP) is 1.87. The Balaban J connectivity index is 3.21. The average Bonchev–Trinajstić information content (AvgIpc) is 2.16. The zero-order valence-electron chi connectivity index (χ0n) is 6.49. The van der Waals surface area contributed by atoms with Crippen LogP contribution >= 0.6 is 0 Å². The number of carbonyl (C=O) groups is 2. The van der Waals surface area contributed by atoms with Crippen LogP contribution in [0.15, 0.2) is 36.9 Å². The molecule has 2 heteroatoms. The number of aldehydes is 1. The van der Waals surface area contributed by atoms with Crippen LogP contribution in [-0.2, 0) is 0 Å². The predicted molar refractivity (Wildman–Crippen MR) is 46.4 cm³/mol. The van der Waals surface area contributed by atoms with E-state index in [4.69, 9.17) is 0 Å². The summed E-state index contributed by atoms with van der Waals surface area (Å²) < 4.78 is 0. The minimum atomic E-state index is -0.224. The van der Waals surface area contributed by atoms with Crippen LogP contribution in [0.4, 0.5) is 0 Å². The second-order valence-corrected chi connectivity index (χ2v) is 2.27. The van der Waals surface area contributed by atoms with Crippen LogP contribution in [0.2, 0.25) is 0 Å². The van der Waals surface area contributed by atoms with Crippen molar-refractivity contribution in [1.82, 2.24) is 0 Å². The fraction of sp³-hybridized carbons (Fsp3) is 0. The van der Waals surface area contributed by atoms with Gasteiger partial charge in [0.25, 0.3) is 0 Å². The molecule has 0 saturated heterocycles. The lowest BCUT2D eigenvalue weighted by Crippen LogP contribution is -1.98. The SMILES string of the molecule is C=CC(=O)c1ccccc1C=O. The highest BCUT2D eigenvalue weighted by Crippen LogP contribution is 2.06. The van der Waals surface area contributed by atoms with Crippen molar-refractivity contribution in [2.75, 3.05) is 0 Å². The van der Waals surface area contributed by atoms with Crippen LogP contribution in [0.3, 0.4) is 0 Å². The van der Waals surface area contributed by atoms with Crippen molar-refractivity contribution in [3.63, 3.8) is 0 Å². The summed E-state index contributed by atoms with van der Waals surface area (Å²) in [6, 6.07) is 6.63. The molecular formula is C10H8O2. The smallest absolute Gasteiger partial charge is 0.185 e. The van der Waals surface area contributed by atoms with Gasteiger partial charge < -0.3 is 0 Å². The van der Waals surface area contributed by atoms with Gasteiger partial charge in [0.1, 0.15) is 0 Å². The molecule has 0 heterocycles. The quantitative estimate of drug-likeness (QED) is 0.384. The van der Waals surface area contributed by atoms with Crippen molar-refractivity contribution in [2.45, 2.75) is 0 Å². The number of hydrogen-bond acceptors (Lipinski definition) is 2. The van der Waals surface area contributed by atoms with Crippen molar-refractivity contribution >= 4 is 12.1 Å². The lowest BCUT2D eigenvalue weighted by Gasteiger charge is -1.97. The summed E-state index contributed by atoms with van der Waals surface area (Å²) in [4.78, 5) is 21.6. The van der Waals surface area contributed by atoms with E-state index in [0.717, 1.165) is 0 Å². The second-order valence-electron chi connectivity index (χ2n) is 2.27. The van der Waals surface area contributed by atoms with Crippen LogP contribution in [0.1, 0.15) is 20.7 Å². The molecule has 1 rings (SSSR count). The summed E-state index contributed by atoms with van der Waals surface area (Å²) in [5, 5.41) is 0.